The Labute approximate surface area is 112 Å². The Morgan fingerprint density at radius 1 is 1.56 bits per heavy atom. The summed E-state index contributed by atoms with van der Waals surface area (Å²) in [5.74, 6) is -0.302. The molecule has 0 aromatic carbocycles. The monoisotopic (exact) mass is 271 g/mol. The second-order valence-electron chi connectivity index (χ2n) is 4.90. The Kier molecular flexibility index (Phi) is 3.38. The van der Waals surface area contributed by atoms with Gasteiger partial charge in [-0.25, -0.2) is 4.79 Å². The van der Waals surface area contributed by atoms with Gasteiger partial charge in [0.2, 0.25) is 0 Å². The average molecular weight is 272 g/mol. The van der Waals surface area contributed by atoms with E-state index >= 15 is 0 Å². The molecule has 18 heavy (non-hydrogen) atoms. The minimum Gasteiger partial charge on any atom is -0.461 e. The SMILES string of the molecule is CCOC(=O)c1nn(C)c2c1CNCC21CC1.Cl. The first-order chi connectivity index (χ1) is 8.18. The van der Waals surface area contributed by atoms with Crippen molar-refractivity contribution < 1.29 is 9.53 Å². The fraction of sp³-hybridized carbons (Fsp3) is 0.667. The van der Waals surface area contributed by atoms with E-state index in [9.17, 15) is 4.79 Å². The zero-order chi connectivity index (χ0) is 12.0. The summed E-state index contributed by atoms with van der Waals surface area (Å²) in [7, 11) is 1.92. The number of rotatable bonds is 2. The molecule has 0 atom stereocenters. The zero-order valence-corrected chi connectivity index (χ0v) is 11.5. The molecule has 100 valence electrons. The van der Waals surface area contributed by atoms with Gasteiger partial charge in [-0.2, -0.15) is 5.10 Å². The Hall–Kier alpha value is -1.07. The highest BCUT2D eigenvalue weighted by atomic mass is 35.5. The van der Waals surface area contributed by atoms with Crippen LogP contribution in [0.25, 0.3) is 0 Å². The molecule has 1 fully saturated rings. The van der Waals surface area contributed by atoms with E-state index in [1.54, 1.807) is 0 Å². The number of carbonyl (C=O) groups excluding carboxylic acids is 1. The van der Waals surface area contributed by atoms with Gasteiger partial charge in [-0.1, -0.05) is 0 Å². The normalized spacial score (nSPS) is 19.0. The molecule has 0 unspecified atom stereocenters. The molecular weight excluding hydrogens is 254 g/mol. The van der Waals surface area contributed by atoms with Gasteiger partial charge in [0.05, 0.1) is 12.3 Å². The molecule has 1 N–H and O–H groups in total. The van der Waals surface area contributed by atoms with Crippen LogP contribution < -0.4 is 5.32 Å². The van der Waals surface area contributed by atoms with Gasteiger partial charge in [-0.15, -0.1) is 12.4 Å². The van der Waals surface area contributed by atoms with Crippen LogP contribution in [0.3, 0.4) is 0 Å². The van der Waals surface area contributed by atoms with Crippen molar-refractivity contribution in [3.63, 3.8) is 0 Å². The highest BCUT2D eigenvalue weighted by Gasteiger charge is 2.50. The minimum absolute atomic E-state index is 0. The van der Waals surface area contributed by atoms with Gasteiger partial charge in [-0.3, -0.25) is 4.68 Å². The molecule has 2 heterocycles. The summed E-state index contributed by atoms with van der Waals surface area (Å²) in [5, 5.41) is 7.73. The molecule has 0 radical (unpaired) electrons. The Morgan fingerprint density at radius 2 is 2.28 bits per heavy atom. The number of nitrogens with zero attached hydrogens (tertiary/aromatic N) is 2. The Morgan fingerprint density at radius 3 is 2.89 bits per heavy atom. The maximum atomic E-state index is 11.8. The second-order valence-corrected chi connectivity index (χ2v) is 4.90. The van der Waals surface area contributed by atoms with Gasteiger partial charge in [0.25, 0.3) is 0 Å². The molecule has 1 aliphatic carbocycles. The van der Waals surface area contributed by atoms with E-state index in [-0.39, 0.29) is 23.8 Å². The van der Waals surface area contributed by atoms with Crippen molar-refractivity contribution in [1.82, 2.24) is 15.1 Å². The van der Waals surface area contributed by atoms with E-state index in [4.69, 9.17) is 4.74 Å². The molecule has 1 aromatic heterocycles. The summed E-state index contributed by atoms with van der Waals surface area (Å²) >= 11 is 0. The van der Waals surface area contributed by atoms with Crippen molar-refractivity contribution in [2.45, 2.75) is 31.7 Å². The van der Waals surface area contributed by atoms with Gasteiger partial charge in [0.15, 0.2) is 5.69 Å². The lowest BCUT2D eigenvalue weighted by molar-refractivity contribution is 0.0517. The topological polar surface area (TPSA) is 56.1 Å². The molecular formula is C12H18ClN3O2. The molecule has 0 amide bonds. The molecule has 1 saturated carbocycles. The third-order valence-corrected chi connectivity index (χ3v) is 3.74. The highest BCUT2D eigenvalue weighted by Crippen LogP contribution is 2.50. The molecule has 1 spiro atoms. The summed E-state index contributed by atoms with van der Waals surface area (Å²) in [4.78, 5) is 11.8. The fourth-order valence-corrected chi connectivity index (χ4v) is 2.84. The first kappa shape index (κ1) is 13.4. The number of esters is 1. The van der Waals surface area contributed by atoms with E-state index in [1.165, 1.54) is 18.5 Å². The maximum Gasteiger partial charge on any atom is 0.359 e. The van der Waals surface area contributed by atoms with Crippen molar-refractivity contribution in [2.75, 3.05) is 13.2 Å². The Bertz CT molecular complexity index is 480. The maximum absolute atomic E-state index is 11.8. The molecule has 2 aliphatic rings. The number of halogens is 1. The highest BCUT2D eigenvalue weighted by molar-refractivity contribution is 5.89. The van der Waals surface area contributed by atoms with Crippen molar-refractivity contribution in [3.8, 4) is 0 Å². The van der Waals surface area contributed by atoms with Crippen LogP contribution in [0, 0.1) is 0 Å². The minimum atomic E-state index is -0.302. The van der Waals surface area contributed by atoms with E-state index in [0.29, 0.717) is 12.3 Å². The number of hydrogen-bond donors (Lipinski definition) is 1. The van der Waals surface area contributed by atoms with Crippen LogP contribution in [-0.4, -0.2) is 28.9 Å². The summed E-state index contributed by atoms with van der Waals surface area (Å²) in [6, 6.07) is 0. The van der Waals surface area contributed by atoms with Crippen LogP contribution in [-0.2, 0) is 23.7 Å². The van der Waals surface area contributed by atoms with Crippen LogP contribution >= 0.6 is 12.4 Å². The van der Waals surface area contributed by atoms with Gasteiger partial charge >= 0.3 is 5.97 Å². The average Bonchev–Trinajstić information content (AvgIpc) is 2.96. The van der Waals surface area contributed by atoms with E-state index in [1.807, 2.05) is 18.7 Å². The molecule has 5 nitrogen and oxygen atoms in total. The van der Waals surface area contributed by atoms with Crippen LogP contribution in [0.1, 0.15) is 41.5 Å². The Balaban J connectivity index is 0.00000120. The number of ether oxygens (including phenoxy) is 1. The second kappa shape index (κ2) is 4.55. The molecule has 6 heteroatoms. The molecule has 1 aliphatic heterocycles. The lowest BCUT2D eigenvalue weighted by atomic mass is 9.93. The smallest absolute Gasteiger partial charge is 0.359 e. The third-order valence-electron chi connectivity index (χ3n) is 3.74. The molecule has 3 rings (SSSR count). The van der Waals surface area contributed by atoms with E-state index in [2.05, 4.69) is 10.4 Å². The molecule has 0 bridgehead atoms. The number of carbonyl (C=O) groups is 1. The lowest BCUT2D eigenvalue weighted by Gasteiger charge is -2.24. The standard InChI is InChI=1S/C12H17N3O2.ClH/c1-3-17-11(16)9-8-6-13-7-12(4-5-12)10(8)15(2)14-9;/h13H,3-7H2,1-2H3;1H. The summed E-state index contributed by atoms with van der Waals surface area (Å²) in [5.41, 5.74) is 3.00. The van der Waals surface area contributed by atoms with Gasteiger partial charge in [-0.05, 0) is 19.8 Å². The number of aryl methyl sites for hydroxylation is 1. The quantitative estimate of drug-likeness (QED) is 0.820. The number of hydrogen-bond acceptors (Lipinski definition) is 4. The van der Waals surface area contributed by atoms with Crippen LogP contribution in [0.15, 0.2) is 0 Å². The van der Waals surface area contributed by atoms with Crippen LogP contribution in [0.5, 0.6) is 0 Å². The first-order valence-electron chi connectivity index (χ1n) is 6.12. The third kappa shape index (κ3) is 1.82. The van der Waals surface area contributed by atoms with Crippen LogP contribution in [0.4, 0.5) is 0 Å². The van der Waals surface area contributed by atoms with Gasteiger partial charge in [0.1, 0.15) is 0 Å². The van der Waals surface area contributed by atoms with E-state index < -0.39 is 0 Å². The summed E-state index contributed by atoms with van der Waals surface area (Å²) < 4.78 is 6.92. The van der Waals surface area contributed by atoms with Crippen molar-refractivity contribution >= 4 is 18.4 Å². The summed E-state index contributed by atoms with van der Waals surface area (Å²) in [6.07, 6.45) is 2.38. The van der Waals surface area contributed by atoms with Crippen molar-refractivity contribution in [2.24, 2.45) is 7.05 Å². The summed E-state index contributed by atoms with van der Waals surface area (Å²) in [6.45, 7) is 3.93. The molecule has 0 saturated heterocycles. The first-order valence-corrected chi connectivity index (χ1v) is 6.12. The largest absolute Gasteiger partial charge is 0.461 e. The van der Waals surface area contributed by atoms with E-state index in [0.717, 1.165) is 18.7 Å². The predicted octanol–water partition coefficient (Wildman–Crippen LogP) is 1.15. The number of aromatic nitrogens is 2. The number of fused-ring (bicyclic) bond motifs is 2. The fourth-order valence-electron chi connectivity index (χ4n) is 2.84. The van der Waals surface area contributed by atoms with Crippen molar-refractivity contribution in [1.29, 1.82) is 0 Å². The number of nitrogens with one attached hydrogen (secondary N) is 1. The van der Waals surface area contributed by atoms with Crippen LogP contribution in [0.2, 0.25) is 0 Å². The van der Waals surface area contributed by atoms with Gasteiger partial charge in [0, 0.05) is 31.1 Å². The van der Waals surface area contributed by atoms with Gasteiger partial charge < -0.3 is 10.1 Å². The zero-order valence-electron chi connectivity index (χ0n) is 10.7. The molecule has 1 aromatic rings. The van der Waals surface area contributed by atoms with Crippen molar-refractivity contribution in [3.05, 3.63) is 17.0 Å². The predicted molar refractivity (Wildman–Crippen MR) is 69.0 cm³/mol. The lowest BCUT2D eigenvalue weighted by Crippen LogP contribution is -2.35.